The standard InChI is InChI=1S/C21H25N3O2/c1-14(25)20-23-17-7-5-6-8-18(17)24(20)13-19(26)22-16-11-9-15(10-12-16)21(2,3)4/h5-12,14,25H,13H2,1-4H3,(H,22,26). The van der Waals surface area contributed by atoms with Crippen LogP contribution in [0.4, 0.5) is 5.69 Å². The fourth-order valence-electron chi connectivity index (χ4n) is 2.98. The number of hydrogen-bond donors (Lipinski definition) is 2. The molecule has 1 atom stereocenters. The van der Waals surface area contributed by atoms with Gasteiger partial charge in [-0.1, -0.05) is 45.0 Å². The predicted molar refractivity (Wildman–Crippen MR) is 104 cm³/mol. The zero-order valence-electron chi connectivity index (χ0n) is 15.7. The Morgan fingerprint density at radius 3 is 2.42 bits per heavy atom. The fraction of sp³-hybridized carbons (Fsp3) is 0.333. The van der Waals surface area contributed by atoms with Crippen LogP contribution in [0.1, 0.15) is 45.2 Å². The molecule has 3 rings (SSSR count). The van der Waals surface area contributed by atoms with E-state index >= 15 is 0 Å². The van der Waals surface area contributed by atoms with Crippen molar-refractivity contribution in [1.29, 1.82) is 0 Å². The predicted octanol–water partition coefficient (Wildman–Crippen LogP) is 4.03. The number of para-hydroxylation sites is 2. The molecular weight excluding hydrogens is 326 g/mol. The number of fused-ring (bicyclic) bond motifs is 1. The maximum atomic E-state index is 12.5. The van der Waals surface area contributed by atoms with Gasteiger partial charge in [-0.25, -0.2) is 4.98 Å². The number of amides is 1. The van der Waals surface area contributed by atoms with Crippen molar-refractivity contribution < 1.29 is 9.90 Å². The monoisotopic (exact) mass is 351 g/mol. The van der Waals surface area contributed by atoms with Crippen LogP contribution in [0.5, 0.6) is 0 Å². The highest BCUT2D eigenvalue weighted by molar-refractivity contribution is 5.91. The number of aromatic nitrogens is 2. The summed E-state index contributed by atoms with van der Waals surface area (Å²) >= 11 is 0. The van der Waals surface area contributed by atoms with Crippen LogP contribution >= 0.6 is 0 Å². The Balaban J connectivity index is 1.80. The molecule has 0 fully saturated rings. The van der Waals surface area contributed by atoms with E-state index in [1.54, 1.807) is 11.5 Å². The number of nitrogens with one attached hydrogen (secondary N) is 1. The molecular formula is C21H25N3O2. The number of carbonyl (C=O) groups is 1. The van der Waals surface area contributed by atoms with Crippen LogP contribution in [-0.2, 0) is 16.8 Å². The number of aliphatic hydroxyl groups is 1. The number of aliphatic hydroxyl groups excluding tert-OH is 1. The molecule has 1 aromatic heterocycles. The molecule has 0 saturated carbocycles. The Kier molecular flexibility index (Phi) is 4.83. The third-order valence-electron chi connectivity index (χ3n) is 4.39. The molecule has 5 nitrogen and oxygen atoms in total. The van der Waals surface area contributed by atoms with Crippen LogP contribution in [0.15, 0.2) is 48.5 Å². The van der Waals surface area contributed by atoms with Crippen LogP contribution in [0.2, 0.25) is 0 Å². The van der Waals surface area contributed by atoms with Crippen LogP contribution in [0.25, 0.3) is 11.0 Å². The Hall–Kier alpha value is -2.66. The van der Waals surface area contributed by atoms with Gasteiger partial charge in [-0.3, -0.25) is 4.79 Å². The van der Waals surface area contributed by atoms with Gasteiger partial charge in [0.1, 0.15) is 18.5 Å². The highest BCUT2D eigenvalue weighted by Crippen LogP contribution is 2.24. The van der Waals surface area contributed by atoms with Gasteiger partial charge in [-0.2, -0.15) is 0 Å². The van der Waals surface area contributed by atoms with Crippen molar-refractivity contribution in [3.63, 3.8) is 0 Å². The van der Waals surface area contributed by atoms with Gasteiger partial charge in [0.25, 0.3) is 0 Å². The van der Waals surface area contributed by atoms with E-state index in [4.69, 9.17) is 0 Å². The topological polar surface area (TPSA) is 67.2 Å². The molecule has 0 saturated heterocycles. The zero-order valence-corrected chi connectivity index (χ0v) is 15.7. The molecule has 136 valence electrons. The van der Waals surface area contributed by atoms with E-state index in [0.29, 0.717) is 5.82 Å². The van der Waals surface area contributed by atoms with Crippen molar-refractivity contribution in [3.05, 3.63) is 59.9 Å². The molecule has 0 aliphatic heterocycles. The minimum Gasteiger partial charge on any atom is -0.385 e. The first-order valence-electron chi connectivity index (χ1n) is 8.79. The zero-order chi connectivity index (χ0) is 18.9. The lowest BCUT2D eigenvalue weighted by molar-refractivity contribution is -0.116. The van der Waals surface area contributed by atoms with Crippen LogP contribution in [-0.4, -0.2) is 20.6 Å². The van der Waals surface area contributed by atoms with Gasteiger partial charge >= 0.3 is 0 Å². The maximum absolute atomic E-state index is 12.5. The average Bonchev–Trinajstić information content (AvgIpc) is 2.93. The Morgan fingerprint density at radius 2 is 1.81 bits per heavy atom. The fourth-order valence-corrected chi connectivity index (χ4v) is 2.98. The quantitative estimate of drug-likeness (QED) is 0.746. The van der Waals surface area contributed by atoms with E-state index in [1.165, 1.54) is 5.56 Å². The van der Waals surface area contributed by atoms with Gasteiger partial charge in [-0.05, 0) is 42.2 Å². The van der Waals surface area contributed by atoms with Gasteiger partial charge in [0, 0.05) is 5.69 Å². The number of carbonyl (C=O) groups excluding carboxylic acids is 1. The second-order valence-electron chi connectivity index (χ2n) is 7.60. The van der Waals surface area contributed by atoms with Crippen molar-refractivity contribution in [2.45, 2.75) is 45.8 Å². The SMILES string of the molecule is CC(O)c1nc2ccccc2n1CC(=O)Nc1ccc(C(C)(C)C)cc1. The summed E-state index contributed by atoms with van der Waals surface area (Å²) in [5.41, 5.74) is 3.65. The van der Waals surface area contributed by atoms with E-state index in [-0.39, 0.29) is 17.9 Å². The summed E-state index contributed by atoms with van der Waals surface area (Å²) < 4.78 is 1.76. The number of rotatable bonds is 4. The van der Waals surface area contributed by atoms with Gasteiger partial charge in [0.15, 0.2) is 0 Å². The first-order valence-corrected chi connectivity index (χ1v) is 8.79. The summed E-state index contributed by atoms with van der Waals surface area (Å²) in [6.07, 6.45) is -0.749. The van der Waals surface area contributed by atoms with Crippen molar-refractivity contribution in [2.24, 2.45) is 0 Å². The third-order valence-corrected chi connectivity index (χ3v) is 4.39. The molecule has 26 heavy (non-hydrogen) atoms. The lowest BCUT2D eigenvalue weighted by Gasteiger charge is -2.19. The second-order valence-corrected chi connectivity index (χ2v) is 7.60. The van der Waals surface area contributed by atoms with E-state index in [1.807, 2.05) is 48.5 Å². The molecule has 1 heterocycles. The second kappa shape index (κ2) is 6.92. The molecule has 1 unspecified atom stereocenters. The van der Waals surface area contributed by atoms with E-state index in [0.717, 1.165) is 16.7 Å². The van der Waals surface area contributed by atoms with Gasteiger partial charge in [0.2, 0.25) is 5.91 Å². The summed E-state index contributed by atoms with van der Waals surface area (Å²) in [7, 11) is 0. The highest BCUT2D eigenvalue weighted by Gasteiger charge is 2.17. The Labute approximate surface area is 153 Å². The van der Waals surface area contributed by atoms with Gasteiger partial charge in [0.05, 0.1) is 11.0 Å². The summed E-state index contributed by atoms with van der Waals surface area (Å²) in [5, 5.41) is 12.9. The van der Waals surface area contributed by atoms with Crippen molar-refractivity contribution in [3.8, 4) is 0 Å². The van der Waals surface area contributed by atoms with E-state index < -0.39 is 6.10 Å². The molecule has 2 N–H and O–H groups in total. The first-order chi connectivity index (χ1) is 12.3. The molecule has 0 radical (unpaired) electrons. The van der Waals surface area contributed by atoms with E-state index in [9.17, 15) is 9.90 Å². The molecule has 0 aliphatic carbocycles. The molecule has 5 heteroatoms. The number of benzene rings is 2. The Bertz CT molecular complexity index is 919. The molecule has 2 aromatic carbocycles. The summed E-state index contributed by atoms with van der Waals surface area (Å²) in [6.45, 7) is 8.22. The van der Waals surface area contributed by atoms with E-state index in [2.05, 4.69) is 31.1 Å². The molecule has 1 amide bonds. The highest BCUT2D eigenvalue weighted by atomic mass is 16.3. The molecule has 0 aliphatic rings. The normalized spacial score (nSPS) is 13.0. The summed E-state index contributed by atoms with van der Waals surface area (Å²) in [5.74, 6) is 0.336. The number of hydrogen-bond acceptors (Lipinski definition) is 3. The van der Waals surface area contributed by atoms with Crippen LogP contribution < -0.4 is 5.32 Å². The largest absolute Gasteiger partial charge is 0.385 e. The average molecular weight is 351 g/mol. The smallest absolute Gasteiger partial charge is 0.244 e. The van der Waals surface area contributed by atoms with Gasteiger partial charge < -0.3 is 15.0 Å². The minimum absolute atomic E-state index is 0.0738. The first kappa shape index (κ1) is 18.1. The molecule has 0 bridgehead atoms. The lowest BCUT2D eigenvalue weighted by atomic mass is 9.87. The lowest BCUT2D eigenvalue weighted by Crippen LogP contribution is -2.21. The van der Waals surface area contributed by atoms with Crippen molar-refractivity contribution >= 4 is 22.6 Å². The summed E-state index contributed by atoms with van der Waals surface area (Å²) in [4.78, 5) is 17.0. The molecule has 3 aromatic rings. The number of anilines is 1. The van der Waals surface area contributed by atoms with Crippen molar-refractivity contribution in [1.82, 2.24) is 9.55 Å². The van der Waals surface area contributed by atoms with Crippen LogP contribution in [0.3, 0.4) is 0 Å². The minimum atomic E-state index is -0.749. The maximum Gasteiger partial charge on any atom is 0.244 e. The number of imidazole rings is 1. The Morgan fingerprint density at radius 1 is 1.15 bits per heavy atom. The number of nitrogens with zero attached hydrogens (tertiary/aromatic N) is 2. The molecule has 0 spiro atoms. The van der Waals surface area contributed by atoms with Crippen molar-refractivity contribution in [2.75, 3.05) is 5.32 Å². The third kappa shape index (κ3) is 3.78. The van der Waals surface area contributed by atoms with Crippen LogP contribution in [0, 0.1) is 0 Å². The van der Waals surface area contributed by atoms with Gasteiger partial charge in [-0.15, -0.1) is 0 Å². The summed E-state index contributed by atoms with van der Waals surface area (Å²) in [6, 6.07) is 15.5.